The molecular weight excluding hydrogens is 1020 g/mol. The first-order valence-corrected chi connectivity index (χ1v) is 30.1. The van der Waals surface area contributed by atoms with Gasteiger partial charge < -0.3 is 19.3 Å². The lowest BCUT2D eigenvalue weighted by atomic mass is 10.1. The van der Waals surface area contributed by atoms with Gasteiger partial charge in [-0.2, -0.15) is 10.2 Å². The second kappa shape index (κ2) is 25.9. The number of hydrogen-bond acceptors (Lipinski definition) is 8. The number of para-hydroxylation sites is 4. The van der Waals surface area contributed by atoms with Gasteiger partial charge >= 0.3 is 0 Å². The number of hydrazone groups is 2. The molecule has 9 aromatic carbocycles. The second-order valence-corrected chi connectivity index (χ2v) is 22.7. The number of fused-ring (bicyclic) bond motifs is 6. The van der Waals surface area contributed by atoms with E-state index < -0.39 is 12.2 Å². The number of benzene rings is 9. The quantitative estimate of drug-likeness (QED) is 0.0356. The minimum absolute atomic E-state index is 0.317. The third kappa shape index (κ3) is 12.8. The van der Waals surface area contributed by atoms with E-state index in [1.54, 1.807) is 23.5 Å². The van der Waals surface area contributed by atoms with Gasteiger partial charge in [0.15, 0.2) is 0 Å². The fraction of sp³-hybridized carbons (Fsp3) is 0.200. The summed E-state index contributed by atoms with van der Waals surface area (Å²) in [5.41, 5.74) is 13.5. The fourth-order valence-corrected chi connectivity index (χ4v) is 12.4. The van der Waals surface area contributed by atoms with Gasteiger partial charge in [-0.05, 0) is 151 Å². The molecule has 0 aliphatic heterocycles. The van der Waals surface area contributed by atoms with Gasteiger partial charge in [0.1, 0.15) is 0 Å². The summed E-state index contributed by atoms with van der Waals surface area (Å²) in [4.78, 5) is 2.10. The van der Waals surface area contributed by atoms with E-state index >= 15 is 0 Å². The Labute approximate surface area is 478 Å². The average Bonchev–Trinajstić information content (AvgIpc) is 4.16. The molecule has 2 unspecified atom stereocenters. The van der Waals surface area contributed by atoms with Crippen molar-refractivity contribution in [1.82, 2.24) is 9.13 Å². The predicted octanol–water partition coefficient (Wildman–Crippen LogP) is 16.6. The van der Waals surface area contributed by atoms with Gasteiger partial charge in [0.2, 0.25) is 0 Å². The number of nitrogens with zero attached hydrogens (tertiary/aromatic N) is 6. The number of aryl methyl sites for hydroxylation is 2. The maximum Gasteiger partial charge on any atom is 0.0830 e. The molecular formula is C70H68N6O2S2. The first-order valence-electron chi connectivity index (χ1n) is 28.1. The first kappa shape index (κ1) is 54.1. The highest BCUT2D eigenvalue weighted by Gasteiger charge is 2.18. The SMILES string of the molecule is CCCCc1ccc(-n2c3ccccc3c3cc(/C=N/N(CC(O)CSc4cccc(SCC(O)CN(/N=C/c5ccc6c(c5)c5ccccc5n6-c5ccc(CCCC)cc5)c5ccccc5)c4)c4ccccc4)ccc32)cc1. The van der Waals surface area contributed by atoms with Gasteiger partial charge in [0.05, 0.1) is 71.2 Å². The lowest BCUT2D eigenvalue weighted by Crippen LogP contribution is -2.30. The number of aromatic nitrogens is 2. The zero-order chi connectivity index (χ0) is 54.6. The maximum atomic E-state index is 11.6. The summed E-state index contributed by atoms with van der Waals surface area (Å²) in [7, 11) is 0. The van der Waals surface area contributed by atoms with E-state index in [9.17, 15) is 10.2 Å². The van der Waals surface area contributed by atoms with E-state index in [4.69, 9.17) is 10.2 Å². The van der Waals surface area contributed by atoms with Crippen LogP contribution in [0.25, 0.3) is 55.0 Å². The molecule has 11 aromatic rings. The molecule has 0 fully saturated rings. The van der Waals surface area contributed by atoms with Gasteiger partial charge in [-0.25, -0.2) is 0 Å². The predicted molar refractivity (Wildman–Crippen MR) is 341 cm³/mol. The molecule has 80 heavy (non-hydrogen) atoms. The average molecular weight is 1090 g/mol. The highest BCUT2D eigenvalue weighted by Crippen LogP contribution is 2.35. The molecule has 2 N–H and O–H groups in total. The molecule has 10 heteroatoms. The van der Waals surface area contributed by atoms with E-state index in [0.717, 1.165) is 67.5 Å². The standard InChI is InChI=1S/C70H68N6O2S2/c1-3-5-18-51-30-36-57(37-31-51)75-67-28-15-13-26-63(67)65-42-53(34-40-69(65)75)45-71-73(55-20-9-7-10-21-55)47-59(77)49-79-61-24-17-25-62(44-61)80-50-60(78)48-74(56-22-11-8-12-23-56)72-46-54-35-41-70-66(43-54)64-27-14-16-29-68(64)76(70)58-38-32-52(33-39-58)19-6-4-2/h7-17,20-46,59-60,77-78H,3-6,18-19,47-50H2,1-2H3/b71-45+,72-46+. The van der Waals surface area contributed by atoms with Crippen LogP contribution in [0, 0.1) is 0 Å². The summed E-state index contributed by atoms with van der Waals surface area (Å²) < 4.78 is 4.71. The molecule has 0 saturated carbocycles. The Morgan fingerprint density at radius 2 is 0.825 bits per heavy atom. The summed E-state index contributed by atoms with van der Waals surface area (Å²) in [6.45, 7) is 5.11. The third-order valence-corrected chi connectivity index (χ3v) is 17.0. The van der Waals surface area contributed by atoms with Gasteiger partial charge in [-0.3, -0.25) is 10.0 Å². The normalized spacial score (nSPS) is 12.7. The molecule has 0 amide bonds. The van der Waals surface area contributed by atoms with Gasteiger partial charge in [-0.1, -0.05) is 142 Å². The summed E-state index contributed by atoms with van der Waals surface area (Å²) in [6.07, 6.45) is 9.41. The van der Waals surface area contributed by atoms with Crippen molar-refractivity contribution in [3.63, 3.8) is 0 Å². The molecule has 0 aliphatic carbocycles. The van der Waals surface area contributed by atoms with E-state index in [0.29, 0.717) is 24.6 Å². The van der Waals surface area contributed by atoms with Crippen LogP contribution in [-0.4, -0.2) is 68.6 Å². The second-order valence-electron chi connectivity index (χ2n) is 20.5. The Kier molecular flexibility index (Phi) is 17.6. The van der Waals surface area contributed by atoms with Gasteiger partial charge in [0, 0.05) is 54.2 Å². The number of aliphatic hydroxyl groups is 2. The molecule has 0 radical (unpaired) electrons. The van der Waals surface area contributed by atoms with Crippen LogP contribution in [0.4, 0.5) is 11.4 Å². The van der Waals surface area contributed by atoms with Crippen molar-refractivity contribution in [2.24, 2.45) is 10.2 Å². The Morgan fingerprint density at radius 1 is 0.425 bits per heavy atom. The molecule has 8 nitrogen and oxygen atoms in total. The number of hydrogen-bond donors (Lipinski definition) is 2. The lowest BCUT2D eigenvalue weighted by Gasteiger charge is -2.22. The molecule has 0 spiro atoms. The van der Waals surface area contributed by atoms with Crippen molar-refractivity contribution in [3.8, 4) is 11.4 Å². The Balaban J connectivity index is 0.731. The Morgan fingerprint density at radius 3 is 1.25 bits per heavy atom. The van der Waals surface area contributed by atoms with Crippen molar-refractivity contribution in [2.75, 3.05) is 34.6 Å². The topological polar surface area (TPSA) is 81.5 Å². The van der Waals surface area contributed by atoms with Crippen LogP contribution in [0.2, 0.25) is 0 Å². The Bertz CT molecular complexity index is 3630. The van der Waals surface area contributed by atoms with Gasteiger partial charge in [0.25, 0.3) is 0 Å². The molecule has 0 saturated heterocycles. The highest BCUT2D eigenvalue weighted by atomic mass is 32.2. The zero-order valence-corrected chi connectivity index (χ0v) is 47.2. The zero-order valence-electron chi connectivity index (χ0n) is 45.6. The van der Waals surface area contributed by atoms with Gasteiger partial charge in [-0.15, -0.1) is 23.5 Å². The van der Waals surface area contributed by atoms with E-state index in [1.807, 2.05) is 89.2 Å². The van der Waals surface area contributed by atoms with Crippen LogP contribution in [0.15, 0.2) is 238 Å². The van der Waals surface area contributed by atoms with E-state index in [1.165, 1.54) is 69.4 Å². The molecule has 2 aromatic heterocycles. The number of unbranched alkanes of at least 4 members (excludes halogenated alkanes) is 2. The summed E-state index contributed by atoms with van der Waals surface area (Å²) in [5, 5.41) is 41.7. The number of anilines is 2. The number of rotatable bonds is 24. The Hall–Kier alpha value is -7.86. The van der Waals surface area contributed by atoms with Crippen LogP contribution < -0.4 is 10.0 Å². The van der Waals surface area contributed by atoms with E-state index in [-0.39, 0.29) is 0 Å². The highest BCUT2D eigenvalue weighted by molar-refractivity contribution is 8.00. The largest absolute Gasteiger partial charge is 0.390 e. The third-order valence-electron chi connectivity index (χ3n) is 14.7. The van der Waals surface area contributed by atoms with Crippen molar-refractivity contribution >= 4 is 90.9 Å². The van der Waals surface area contributed by atoms with Crippen LogP contribution >= 0.6 is 23.5 Å². The van der Waals surface area contributed by atoms with Crippen LogP contribution in [0.3, 0.4) is 0 Å². The monoisotopic (exact) mass is 1090 g/mol. The maximum absolute atomic E-state index is 11.6. The number of aliphatic hydroxyl groups excluding tert-OH is 2. The number of thioether (sulfide) groups is 2. The molecule has 402 valence electrons. The summed E-state index contributed by atoms with van der Waals surface area (Å²) >= 11 is 3.23. The molecule has 2 heterocycles. The summed E-state index contributed by atoms with van der Waals surface area (Å²) in [6, 6.07) is 76.7. The van der Waals surface area contributed by atoms with Crippen LogP contribution in [0.1, 0.15) is 61.8 Å². The molecule has 11 rings (SSSR count). The van der Waals surface area contributed by atoms with Crippen molar-refractivity contribution in [1.29, 1.82) is 0 Å². The smallest absolute Gasteiger partial charge is 0.0830 e. The summed E-state index contributed by atoms with van der Waals surface area (Å²) in [5.74, 6) is 0.958. The molecule has 2 atom stereocenters. The van der Waals surface area contributed by atoms with Crippen molar-refractivity contribution in [3.05, 3.63) is 241 Å². The minimum Gasteiger partial charge on any atom is -0.390 e. The van der Waals surface area contributed by atoms with Crippen molar-refractivity contribution in [2.45, 2.75) is 74.4 Å². The molecule has 0 aliphatic rings. The molecule has 0 bridgehead atoms. The van der Waals surface area contributed by atoms with Crippen LogP contribution in [0.5, 0.6) is 0 Å². The van der Waals surface area contributed by atoms with Crippen LogP contribution in [-0.2, 0) is 12.8 Å². The first-order chi connectivity index (χ1) is 39.4. The lowest BCUT2D eigenvalue weighted by molar-refractivity contribution is 0.204. The minimum atomic E-state index is -0.672. The van der Waals surface area contributed by atoms with E-state index in [2.05, 4.69) is 175 Å². The van der Waals surface area contributed by atoms with Crippen molar-refractivity contribution < 1.29 is 10.2 Å². The fourth-order valence-electron chi connectivity index (χ4n) is 10.5.